The van der Waals surface area contributed by atoms with E-state index in [0.717, 1.165) is 11.3 Å². The molecule has 0 saturated heterocycles. The van der Waals surface area contributed by atoms with E-state index in [9.17, 15) is 9.59 Å². The van der Waals surface area contributed by atoms with Gasteiger partial charge in [0, 0.05) is 18.8 Å². The number of aromatic nitrogens is 3. The second-order valence-electron chi connectivity index (χ2n) is 7.36. The minimum absolute atomic E-state index is 0.131. The molecular weight excluding hydrogens is 422 g/mol. The van der Waals surface area contributed by atoms with Gasteiger partial charge in [0.2, 0.25) is 0 Å². The van der Waals surface area contributed by atoms with E-state index in [2.05, 4.69) is 15.4 Å². The second-order valence-corrected chi connectivity index (χ2v) is 7.36. The molecule has 9 heteroatoms. The number of carbonyl (C=O) groups is 2. The molecule has 0 aliphatic heterocycles. The largest absolute Gasteiger partial charge is 0.484 e. The van der Waals surface area contributed by atoms with Crippen molar-refractivity contribution in [2.24, 2.45) is 0 Å². The van der Waals surface area contributed by atoms with Crippen LogP contribution in [0.25, 0.3) is 5.69 Å². The second kappa shape index (κ2) is 9.82. The summed E-state index contributed by atoms with van der Waals surface area (Å²) >= 11 is 0. The quantitative estimate of drug-likeness (QED) is 0.444. The van der Waals surface area contributed by atoms with Gasteiger partial charge in [-0.25, -0.2) is 9.67 Å². The zero-order valence-corrected chi connectivity index (χ0v) is 18.2. The van der Waals surface area contributed by atoms with Gasteiger partial charge in [0.1, 0.15) is 18.4 Å². The minimum Gasteiger partial charge on any atom is -0.484 e. The standard InChI is InChI=1S/C24H23N5O4/c1-17(18-8-10-20(11-9-18)29-16-25-15-26-29)28(2)23(30)14-33-21-6-3-5-19(13-21)27-24(31)22-7-4-12-32-22/h3-13,15-17H,14H2,1-2H3,(H,27,31). The molecule has 1 unspecified atom stereocenters. The molecule has 0 aliphatic rings. The number of carbonyl (C=O) groups excluding carboxylic acids is 2. The number of likely N-dealkylation sites (N-methyl/N-ethyl adjacent to an activating group) is 1. The lowest BCUT2D eigenvalue weighted by Gasteiger charge is -2.25. The molecule has 1 atom stereocenters. The van der Waals surface area contributed by atoms with Gasteiger partial charge in [-0.05, 0) is 48.9 Å². The first-order valence-electron chi connectivity index (χ1n) is 10.3. The zero-order valence-electron chi connectivity index (χ0n) is 18.2. The fourth-order valence-electron chi connectivity index (χ4n) is 3.20. The molecule has 1 N–H and O–H groups in total. The Bertz CT molecular complexity index is 1200. The van der Waals surface area contributed by atoms with Gasteiger partial charge in [-0.2, -0.15) is 5.10 Å². The number of hydrogen-bond acceptors (Lipinski definition) is 6. The van der Waals surface area contributed by atoms with Gasteiger partial charge in [-0.1, -0.05) is 18.2 Å². The summed E-state index contributed by atoms with van der Waals surface area (Å²) in [5, 5.41) is 6.84. The number of nitrogens with zero attached hydrogens (tertiary/aromatic N) is 4. The van der Waals surface area contributed by atoms with Crippen LogP contribution in [0.1, 0.15) is 29.1 Å². The van der Waals surface area contributed by atoms with E-state index in [1.54, 1.807) is 59.4 Å². The highest BCUT2D eigenvalue weighted by atomic mass is 16.5. The number of ether oxygens (including phenoxy) is 1. The normalized spacial score (nSPS) is 11.6. The molecule has 2 aromatic carbocycles. The molecule has 9 nitrogen and oxygen atoms in total. The predicted molar refractivity (Wildman–Crippen MR) is 121 cm³/mol. The van der Waals surface area contributed by atoms with Crippen LogP contribution in [-0.4, -0.2) is 45.1 Å². The SMILES string of the molecule is CC(c1ccc(-n2cncn2)cc1)N(C)C(=O)COc1cccc(NC(=O)c2ccco2)c1. The summed E-state index contributed by atoms with van der Waals surface area (Å²) < 4.78 is 12.4. The fraction of sp³-hybridized carbons (Fsp3) is 0.167. The van der Waals surface area contributed by atoms with Crippen molar-refractivity contribution in [2.75, 3.05) is 19.0 Å². The molecule has 4 aromatic rings. The van der Waals surface area contributed by atoms with Gasteiger partial charge >= 0.3 is 0 Å². The average molecular weight is 445 g/mol. The van der Waals surface area contributed by atoms with Crippen LogP contribution in [0.2, 0.25) is 0 Å². The number of hydrogen-bond donors (Lipinski definition) is 1. The van der Waals surface area contributed by atoms with Crippen molar-refractivity contribution >= 4 is 17.5 Å². The average Bonchev–Trinajstić information content (AvgIpc) is 3.57. The first-order valence-corrected chi connectivity index (χ1v) is 10.3. The van der Waals surface area contributed by atoms with Gasteiger partial charge in [-0.15, -0.1) is 0 Å². The highest BCUT2D eigenvalue weighted by Gasteiger charge is 2.18. The van der Waals surface area contributed by atoms with Crippen LogP contribution in [0.15, 0.2) is 84.0 Å². The van der Waals surface area contributed by atoms with E-state index >= 15 is 0 Å². The van der Waals surface area contributed by atoms with Crippen molar-refractivity contribution in [3.05, 3.63) is 90.9 Å². The van der Waals surface area contributed by atoms with Crippen molar-refractivity contribution in [3.8, 4) is 11.4 Å². The van der Waals surface area contributed by atoms with Crippen molar-refractivity contribution < 1.29 is 18.7 Å². The molecule has 0 bridgehead atoms. The van der Waals surface area contributed by atoms with Gasteiger partial charge in [0.05, 0.1) is 18.0 Å². The van der Waals surface area contributed by atoms with Crippen LogP contribution in [0.5, 0.6) is 5.75 Å². The third kappa shape index (κ3) is 5.27. The maximum atomic E-state index is 12.7. The van der Waals surface area contributed by atoms with Crippen LogP contribution >= 0.6 is 0 Å². The molecule has 4 rings (SSSR count). The molecule has 0 saturated carbocycles. The Morgan fingerprint density at radius 1 is 1.15 bits per heavy atom. The Hall–Kier alpha value is -4.40. The van der Waals surface area contributed by atoms with Crippen LogP contribution in [0.4, 0.5) is 5.69 Å². The lowest BCUT2D eigenvalue weighted by molar-refractivity contribution is -0.134. The summed E-state index contributed by atoms with van der Waals surface area (Å²) in [7, 11) is 1.74. The van der Waals surface area contributed by atoms with Crippen molar-refractivity contribution in [1.82, 2.24) is 19.7 Å². The molecular formula is C24H23N5O4. The van der Waals surface area contributed by atoms with Crippen LogP contribution in [0.3, 0.4) is 0 Å². The Balaban J connectivity index is 1.33. The van der Waals surface area contributed by atoms with E-state index in [4.69, 9.17) is 9.15 Å². The number of benzene rings is 2. The molecule has 168 valence electrons. The number of anilines is 1. The number of furan rings is 1. The number of amides is 2. The molecule has 33 heavy (non-hydrogen) atoms. The van der Waals surface area contributed by atoms with Crippen LogP contribution in [0, 0.1) is 0 Å². The Morgan fingerprint density at radius 3 is 2.67 bits per heavy atom. The zero-order chi connectivity index (χ0) is 23.2. The third-order valence-electron chi connectivity index (χ3n) is 5.23. The van der Waals surface area contributed by atoms with E-state index in [-0.39, 0.29) is 30.2 Å². The van der Waals surface area contributed by atoms with E-state index in [0.29, 0.717) is 11.4 Å². The fourth-order valence-corrected chi connectivity index (χ4v) is 3.20. The maximum absolute atomic E-state index is 12.7. The number of rotatable bonds is 8. The summed E-state index contributed by atoms with van der Waals surface area (Å²) in [6, 6.07) is 17.7. The van der Waals surface area contributed by atoms with E-state index < -0.39 is 0 Å². The Morgan fingerprint density at radius 2 is 1.97 bits per heavy atom. The molecule has 2 amide bonds. The summed E-state index contributed by atoms with van der Waals surface area (Å²) in [5.74, 6) is 0.143. The monoisotopic (exact) mass is 445 g/mol. The van der Waals surface area contributed by atoms with Crippen molar-refractivity contribution in [3.63, 3.8) is 0 Å². The molecule has 0 spiro atoms. The molecule has 2 aromatic heterocycles. The highest BCUT2D eigenvalue weighted by molar-refractivity contribution is 6.02. The van der Waals surface area contributed by atoms with Crippen LogP contribution < -0.4 is 10.1 Å². The van der Waals surface area contributed by atoms with Gasteiger partial charge in [-0.3, -0.25) is 9.59 Å². The minimum atomic E-state index is -0.364. The molecule has 0 aliphatic carbocycles. The Kier molecular flexibility index (Phi) is 6.49. The van der Waals surface area contributed by atoms with E-state index in [1.807, 2.05) is 31.2 Å². The van der Waals surface area contributed by atoms with Crippen molar-refractivity contribution in [1.29, 1.82) is 0 Å². The first-order chi connectivity index (χ1) is 16.0. The predicted octanol–water partition coefficient (Wildman–Crippen LogP) is 3.71. The van der Waals surface area contributed by atoms with Gasteiger partial charge in [0.15, 0.2) is 12.4 Å². The molecule has 2 heterocycles. The molecule has 0 fully saturated rings. The number of nitrogens with one attached hydrogen (secondary N) is 1. The van der Waals surface area contributed by atoms with Crippen molar-refractivity contribution in [2.45, 2.75) is 13.0 Å². The smallest absolute Gasteiger partial charge is 0.291 e. The summed E-state index contributed by atoms with van der Waals surface area (Å²) in [5.41, 5.74) is 2.41. The first kappa shape index (κ1) is 21.8. The third-order valence-corrected chi connectivity index (χ3v) is 5.23. The lowest BCUT2D eigenvalue weighted by Crippen LogP contribution is -2.33. The Labute approximate surface area is 190 Å². The summed E-state index contributed by atoms with van der Waals surface area (Å²) in [4.78, 5) is 30.4. The van der Waals surface area contributed by atoms with Gasteiger partial charge in [0.25, 0.3) is 11.8 Å². The highest BCUT2D eigenvalue weighted by Crippen LogP contribution is 2.22. The van der Waals surface area contributed by atoms with E-state index in [1.165, 1.54) is 12.6 Å². The van der Waals surface area contributed by atoms with Crippen LogP contribution in [-0.2, 0) is 4.79 Å². The maximum Gasteiger partial charge on any atom is 0.291 e. The summed E-state index contributed by atoms with van der Waals surface area (Å²) in [6.45, 7) is 1.82. The summed E-state index contributed by atoms with van der Waals surface area (Å²) in [6.07, 6.45) is 4.54. The topological polar surface area (TPSA) is 102 Å². The van der Waals surface area contributed by atoms with Gasteiger partial charge < -0.3 is 19.4 Å². The lowest BCUT2D eigenvalue weighted by atomic mass is 10.1. The molecule has 0 radical (unpaired) electrons.